The maximum atomic E-state index is 13.0. The van der Waals surface area contributed by atoms with E-state index in [1.165, 1.54) is 18.2 Å². The van der Waals surface area contributed by atoms with Crippen LogP contribution in [0.1, 0.15) is 58.2 Å². The summed E-state index contributed by atoms with van der Waals surface area (Å²) in [5, 5.41) is 20.6. The minimum atomic E-state index is -1.42. The smallest absolute Gasteiger partial charge is 0.346 e. The van der Waals surface area contributed by atoms with Crippen LogP contribution in [0.2, 0.25) is 0 Å². The van der Waals surface area contributed by atoms with Gasteiger partial charge in [0, 0.05) is 22.8 Å². The molecule has 0 aromatic heterocycles. The summed E-state index contributed by atoms with van der Waals surface area (Å²) in [6, 6.07) is 14.3. The Bertz CT molecular complexity index is 1300. The number of rotatable bonds is 1. The highest BCUT2D eigenvalue weighted by atomic mass is 16.6. The summed E-state index contributed by atoms with van der Waals surface area (Å²) in [5.41, 5.74) is -0.620. The molecule has 2 aliphatic rings. The molecular weight excluding hydrogens is 412 g/mol. The molecule has 1 atom stereocenters. The van der Waals surface area contributed by atoms with Gasteiger partial charge in [-0.1, -0.05) is 18.2 Å². The zero-order valence-corrected chi connectivity index (χ0v) is 17.6. The Morgan fingerprint density at radius 1 is 0.969 bits per heavy atom. The van der Waals surface area contributed by atoms with E-state index in [9.17, 15) is 19.8 Å². The molecule has 0 amide bonds. The van der Waals surface area contributed by atoms with E-state index in [1.807, 2.05) is 0 Å². The Morgan fingerprint density at radius 3 is 2.44 bits per heavy atom. The van der Waals surface area contributed by atoms with Crippen molar-refractivity contribution in [1.29, 1.82) is 0 Å². The molecule has 7 nitrogen and oxygen atoms in total. The standard InChI is InChI=1S/C25H20O7/c1-24(2,3)31-23(29)20-18(27)11-10-17-21(20)30-19-12-13(26)8-9-16(19)25(17)15-7-5-4-6-14(15)22(28)32-25/h4-12,26-27H,1-3H3. The van der Waals surface area contributed by atoms with Gasteiger partial charge in [0.25, 0.3) is 0 Å². The number of aromatic hydroxyl groups is 2. The maximum absolute atomic E-state index is 13.0. The average Bonchev–Trinajstić information content (AvgIpc) is 3.00. The second-order valence-electron chi connectivity index (χ2n) is 8.74. The highest BCUT2D eigenvalue weighted by Gasteiger charge is 2.54. The topological polar surface area (TPSA) is 102 Å². The van der Waals surface area contributed by atoms with Crippen molar-refractivity contribution in [3.05, 3.63) is 82.4 Å². The molecule has 32 heavy (non-hydrogen) atoms. The molecule has 0 bridgehead atoms. The van der Waals surface area contributed by atoms with Gasteiger partial charge in [0.1, 0.15) is 28.4 Å². The number of benzene rings is 3. The van der Waals surface area contributed by atoms with E-state index < -0.39 is 23.1 Å². The third-order valence-electron chi connectivity index (χ3n) is 5.45. The van der Waals surface area contributed by atoms with Crippen molar-refractivity contribution in [2.45, 2.75) is 32.0 Å². The van der Waals surface area contributed by atoms with Crippen LogP contribution >= 0.6 is 0 Å². The van der Waals surface area contributed by atoms with Gasteiger partial charge in [0.05, 0.1) is 5.56 Å². The van der Waals surface area contributed by atoms with Gasteiger partial charge in [-0.3, -0.25) is 0 Å². The quantitative estimate of drug-likeness (QED) is 0.541. The molecule has 3 aromatic rings. The zero-order chi connectivity index (χ0) is 22.8. The van der Waals surface area contributed by atoms with Crippen LogP contribution in [0.5, 0.6) is 23.0 Å². The summed E-state index contributed by atoms with van der Waals surface area (Å²) < 4.78 is 17.5. The van der Waals surface area contributed by atoms with Crippen LogP contribution in [0.15, 0.2) is 54.6 Å². The molecule has 0 fully saturated rings. The van der Waals surface area contributed by atoms with Crippen LogP contribution in [0.3, 0.4) is 0 Å². The number of phenolic OH excluding ortho intramolecular Hbond substituents is 2. The zero-order valence-electron chi connectivity index (χ0n) is 17.6. The Hall–Kier alpha value is -4.00. The maximum Gasteiger partial charge on any atom is 0.346 e. The summed E-state index contributed by atoms with van der Waals surface area (Å²) in [5.74, 6) is -1.53. The Labute approximate surface area is 183 Å². The van der Waals surface area contributed by atoms with Gasteiger partial charge < -0.3 is 24.4 Å². The first kappa shape index (κ1) is 19.9. The number of hydrogen-bond acceptors (Lipinski definition) is 7. The van der Waals surface area contributed by atoms with E-state index in [4.69, 9.17) is 14.2 Å². The highest BCUT2D eigenvalue weighted by molar-refractivity contribution is 6.00. The summed E-state index contributed by atoms with van der Waals surface area (Å²) in [6.07, 6.45) is 0. The van der Waals surface area contributed by atoms with Crippen LogP contribution in [-0.2, 0) is 15.1 Å². The number of carbonyl (C=O) groups is 2. The van der Waals surface area contributed by atoms with E-state index >= 15 is 0 Å². The molecule has 3 aromatic carbocycles. The third kappa shape index (κ3) is 2.74. The summed E-state index contributed by atoms with van der Waals surface area (Å²) >= 11 is 0. The van der Waals surface area contributed by atoms with E-state index in [2.05, 4.69) is 0 Å². The van der Waals surface area contributed by atoms with Crippen LogP contribution in [-0.4, -0.2) is 27.8 Å². The van der Waals surface area contributed by atoms with Crippen LogP contribution < -0.4 is 4.74 Å². The molecule has 0 saturated heterocycles. The summed E-state index contributed by atoms with van der Waals surface area (Å²) in [7, 11) is 0. The van der Waals surface area contributed by atoms with E-state index in [1.54, 1.807) is 57.2 Å². The second-order valence-corrected chi connectivity index (χ2v) is 8.74. The molecule has 1 unspecified atom stereocenters. The average molecular weight is 432 g/mol. The van der Waals surface area contributed by atoms with Gasteiger partial charge in [-0.15, -0.1) is 0 Å². The molecule has 0 aliphatic carbocycles. The molecular formula is C25H20O7. The van der Waals surface area contributed by atoms with Gasteiger partial charge in [-0.2, -0.15) is 0 Å². The van der Waals surface area contributed by atoms with Crippen molar-refractivity contribution in [2.24, 2.45) is 0 Å². The minimum absolute atomic E-state index is 0.00172. The molecule has 2 aliphatic heterocycles. The normalized spacial score (nSPS) is 18.3. The molecule has 162 valence electrons. The van der Waals surface area contributed by atoms with E-state index in [0.29, 0.717) is 22.3 Å². The van der Waals surface area contributed by atoms with Crippen LogP contribution in [0.25, 0.3) is 0 Å². The van der Waals surface area contributed by atoms with Gasteiger partial charge in [-0.25, -0.2) is 9.59 Å². The van der Waals surface area contributed by atoms with Gasteiger partial charge in [-0.05, 0) is 51.1 Å². The fourth-order valence-corrected chi connectivity index (χ4v) is 4.24. The Balaban J connectivity index is 1.84. The van der Waals surface area contributed by atoms with Crippen molar-refractivity contribution in [3.8, 4) is 23.0 Å². The van der Waals surface area contributed by atoms with Crippen molar-refractivity contribution in [1.82, 2.24) is 0 Å². The molecule has 5 rings (SSSR count). The van der Waals surface area contributed by atoms with Crippen LogP contribution in [0.4, 0.5) is 0 Å². The third-order valence-corrected chi connectivity index (χ3v) is 5.45. The number of carbonyl (C=O) groups excluding carboxylic acids is 2. The molecule has 2 N–H and O–H groups in total. The number of ether oxygens (including phenoxy) is 3. The Kier molecular flexibility index (Phi) is 4.05. The van der Waals surface area contributed by atoms with E-state index in [-0.39, 0.29) is 28.6 Å². The molecule has 0 saturated carbocycles. The second kappa shape index (κ2) is 6.50. The lowest BCUT2D eigenvalue weighted by Crippen LogP contribution is -2.34. The number of hydrogen-bond donors (Lipinski definition) is 2. The molecule has 2 heterocycles. The predicted molar refractivity (Wildman–Crippen MR) is 113 cm³/mol. The molecule has 1 spiro atoms. The monoisotopic (exact) mass is 432 g/mol. The summed E-state index contributed by atoms with van der Waals surface area (Å²) in [6.45, 7) is 5.13. The first-order valence-electron chi connectivity index (χ1n) is 10.1. The van der Waals surface area contributed by atoms with Crippen molar-refractivity contribution in [3.63, 3.8) is 0 Å². The summed E-state index contributed by atoms with van der Waals surface area (Å²) in [4.78, 5) is 25.9. The molecule has 7 heteroatoms. The lowest BCUT2D eigenvalue weighted by molar-refractivity contribution is 0.00624. The van der Waals surface area contributed by atoms with Gasteiger partial charge in [0.15, 0.2) is 11.4 Å². The van der Waals surface area contributed by atoms with Gasteiger partial charge in [0.2, 0.25) is 0 Å². The van der Waals surface area contributed by atoms with Crippen LogP contribution in [0, 0.1) is 0 Å². The number of esters is 2. The lowest BCUT2D eigenvalue weighted by atomic mass is 9.77. The van der Waals surface area contributed by atoms with Crippen molar-refractivity contribution in [2.75, 3.05) is 0 Å². The van der Waals surface area contributed by atoms with E-state index in [0.717, 1.165) is 0 Å². The highest BCUT2D eigenvalue weighted by Crippen LogP contribution is 2.58. The lowest BCUT2D eigenvalue weighted by Gasteiger charge is -2.37. The van der Waals surface area contributed by atoms with Crippen molar-refractivity contribution < 1.29 is 34.0 Å². The SMILES string of the molecule is CC(C)(C)OC(=O)c1c(O)ccc2c1Oc1cc(O)ccc1C21OC(=O)c2ccccc21. The Morgan fingerprint density at radius 2 is 1.69 bits per heavy atom. The fraction of sp³-hybridized carbons (Fsp3) is 0.200. The number of phenols is 2. The molecule has 0 radical (unpaired) electrons. The largest absolute Gasteiger partial charge is 0.508 e. The number of fused-ring (bicyclic) bond motifs is 6. The van der Waals surface area contributed by atoms with Gasteiger partial charge >= 0.3 is 11.9 Å². The van der Waals surface area contributed by atoms with Crippen molar-refractivity contribution >= 4 is 11.9 Å². The fourth-order valence-electron chi connectivity index (χ4n) is 4.24. The predicted octanol–water partition coefficient (Wildman–Crippen LogP) is 4.62. The first-order valence-corrected chi connectivity index (χ1v) is 10.1. The first-order chi connectivity index (χ1) is 15.1. The minimum Gasteiger partial charge on any atom is -0.508 e.